The summed E-state index contributed by atoms with van der Waals surface area (Å²) < 4.78 is 0. The molecular formula is C18H24O4. The zero-order chi connectivity index (χ0) is 16.0. The average Bonchev–Trinajstić information content (AvgIpc) is 2.54. The summed E-state index contributed by atoms with van der Waals surface area (Å²) in [5.41, 5.74) is 0.630. The maximum atomic E-state index is 10.9. The predicted molar refractivity (Wildman–Crippen MR) is 85.1 cm³/mol. The quantitative estimate of drug-likeness (QED) is 0.805. The van der Waals surface area contributed by atoms with Crippen LogP contribution in [-0.2, 0) is 14.6 Å². The Bertz CT molecular complexity index is 511. The molecule has 0 aromatic heterocycles. The fourth-order valence-corrected chi connectivity index (χ4v) is 2.85. The van der Waals surface area contributed by atoms with E-state index in [0.29, 0.717) is 0 Å². The molecule has 0 bridgehead atoms. The molecule has 2 rings (SSSR count). The van der Waals surface area contributed by atoms with E-state index in [0.717, 1.165) is 24.8 Å². The smallest absolute Gasteiger partial charge is 0.306 e. The Morgan fingerprint density at radius 1 is 1.36 bits per heavy atom. The number of hydrogen-bond donors (Lipinski definition) is 1. The molecule has 22 heavy (non-hydrogen) atoms. The number of benzene rings is 1. The van der Waals surface area contributed by atoms with Crippen LogP contribution in [-0.4, -0.2) is 22.8 Å². The van der Waals surface area contributed by atoms with Crippen LogP contribution in [0.25, 0.3) is 6.08 Å². The molecular weight excluding hydrogens is 280 g/mol. The van der Waals surface area contributed by atoms with Gasteiger partial charge in [0.2, 0.25) is 0 Å². The molecule has 1 aromatic rings. The van der Waals surface area contributed by atoms with Crippen LogP contribution >= 0.6 is 0 Å². The van der Waals surface area contributed by atoms with Gasteiger partial charge >= 0.3 is 5.97 Å². The van der Waals surface area contributed by atoms with Gasteiger partial charge in [-0.1, -0.05) is 56.7 Å². The second kappa shape index (κ2) is 7.56. The first-order chi connectivity index (χ1) is 10.6. The zero-order valence-corrected chi connectivity index (χ0v) is 13.2. The highest BCUT2D eigenvalue weighted by atomic mass is 17.2. The van der Waals surface area contributed by atoms with Gasteiger partial charge in [0.25, 0.3) is 0 Å². The third kappa shape index (κ3) is 4.18. The van der Waals surface area contributed by atoms with Crippen molar-refractivity contribution >= 4 is 12.0 Å². The summed E-state index contributed by atoms with van der Waals surface area (Å²) in [6.45, 7) is 4.12. The highest BCUT2D eigenvalue weighted by Crippen LogP contribution is 2.38. The summed E-state index contributed by atoms with van der Waals surface area (Å²) in [6.07, 6.45) is 6.14. The van der Waals surface area contributed by atoms with Crippen LogP contribution in [0.4, 0.5) is 0 Å². The summed E-state index contributed by atoms with van der Waals surface area (Å²) in [4.78, 5) is 22.0. The molecule has 1 aliphatic heterocycles. The minimum atomic E-state index is -0.851. The van der Waals surface area contributed by atoms with Gasteiger partial charge in [-0.2, -0.15) is 0 Å². The molecule has 0 unspecified atom stereocenters. The number of hydrogen-bond acceptors (Lipinski definition) is 3. The molecule has 4 nitrogen and oxygen atoms in total. The Balaban J connectivity index is 2.11. The third-order valence-electron chi connectivity index (χ3n) is 4.35. The van der Waals surface area contributed by atoms with Gasteiger partial charge in [-0.15, -0.1) is 0 Å². The predicted octanol–water partition coefficient (Wildman–Crippen LogP) is 4.07. The number of carbonyl (C=O) groups is 1. The minimum Gasteiger partial charge on any atom is -0.481 e. The highest BCUT2D eigenvalue weighted by Gasteiger charge is 2.41. The van der Waals surface area contributed by atoms with Gasteiger partial charge in [-0.05, 0) is 30.4 Å². The van der Waals surface area contributed by atoms with Crippen LogP contribution in [0, 0.1) is 5.92 Å². The van der Waals surface area contributed by atoms with Crippen LogP contribution in [0.2, 0.25) is 0 Å². The third-order valence-corrected chi connectivity index (χ3v) is 4.35. The lowest BCUT2D eigenvalue weighted by Crippen LogP contribution is -2.44. The summed E-state index contributed by atoms with van der Waals surface area (Å²) in [5, 5.41) is 8.97. The van der Waals surface area contributed by atoms with E-state index in [2.05, 4.69) is 13.8 Å². The SMILES string of the molecule is CC[C@@H]1C[C@](/C=C/c2ccccc2)(CC)OO[C@H]1CC(=O)O. The van der Waals surface area contributed by atoms with Crippen molar-refractivity contribution < 1.29 is 19.7 Å². The van der Waals surface area contributed by atoms with E-state index in [1.54, 1.807) is 0 Å². The largest absolute Gasteiger partial charge is 0.481 e. The minimum absolute atomic E-state index is 0.0132. The van der Waals surface area contributed by atoms with Crippen molar-refractivity contribution in [1.29, 1.82) is 0 Å². The lowest BCUT2D eigenvalue weighted by molar-refractivity contribution is -0.409. The van der Waals surface area contributed by atoms with Gasteiger partial charge in [0.1, 0.15) is 11.7 Å². The van der Waals surface area contributed by atoms with Gasteiger partial charge < -0.3 is 5.11 Å². The van der Waals surface area contributed by atoms with Crippen LogP contribution in [0.5, 0.6) is 0 Å². The van der Waals surface area contributed by atoms with Gasteiger partial charge in [0, 0.05) is 0 Å². The first kappa shape index (κ1) is 16.7. The summed E-state index contributed by atoms with van der Waals surface area (Å²) in [7, 11) is 0. The van der Waals surface area contributed by atoms with E-state index in [1.807, 2.05) is 42.5 Å². The normalized spacial score (nSPS) is 28.8. The molecule has 120 valence electrons. The summed E-state index contributed by atoms with van der Waals surface area (Å²) in [5.74, 6) is -0.666. The molecule has 1 aliphatic rings. The maximum Gasteiger partial charge on any atom is 0.306 e. The van der Waals surface area contributed by atoms with E-state index in [9.17, 15) is 4.79 Å². The molecule has 0 saturated carbocycles. The number of rotatable bonds is 6. The lowest BCUT2D eigenvalue weighted by Gasteiger charge is -2.40. The van der Waals surface area contributed by atoms with Crippen molar-refractivity contribution in [2.75, 3.05) is 0 Å². The van der Waals surface area contributed by atoms with Crippen molar-refractivity contribution in [3.8, 4) is 0 Å². The Kier molecular flexibility index (Phi) is 5.75. The Hall–Kier alpha value is -1.65. The topological polar surface area (TPSA) is 55.8 Å². The zero-order valence-electron chi connectivity index (χ0n) is 13.2. The molecule has 1 saturated heterocycles. The van der Waals surface area contributed by atoms with Crippen LogP contribution in [0.3, 0.4) is 0 Å². The molecule has 1 aromatic carbocycles. The molecule has 4 heteroatoms. The molecule has 1 fully saturated rings. The van der Waals surface area contributed by atoms with Crippen molar-refractivity contribution in [1.82, 2.24) is 0 Å². The standard InChI is InChI=1S/C18H24O4/c1-3-15-13-18(4-2,22-21-16(15)12-17(19)20)11-10-14-8-6-5-7-9-14/h5-11,15-16H,3-4,12-13H2,1-2H3,(H,19,20)/b11-10+/t15-,16+,18-/m1/s1. The Morgan fingerprint density at radius 3 is 2.68 bits per heavy atom. The van der Waals surface area contributed by atoms with Gasteiger partial charge in [-0.25, -0.2) is 9.78 Å². The molecule has 3 atom stereocenters. The fraction of sp³-hybridized carbons (Fsp3) is 0.500. The van der Waals surface area contributed by atoms with Crippen molar-refractivity contribution in [2.45, 2.75) is 51.2 Å². The lowest BCUT2D eigenvalue weighted by atomic mass is 9.81. The van der Waals surface area contributed by atoms with E-state index in [1.165, 1.54) is 0 Å². The molecule has 0 aliphatic carbocycles. The summed E-state index contributed by atoms with van der Waals surface area (Å²) in [6, 6.07) is 10.0. The molecule has 0 amide bonds. The van der Waals surface area contributed by atoms with Crippen LogP contribution in [0.1, 0.15) is 45.1 Å². The molecule has 1 heterocycles. The van der Waals surface area contributed by atoms with Crippen LogP contribution < -0.4 is 0 Å². The van der Waals surface area contributed by atoms with Gasteiger partial charge in [0.05, 0.1) is 6.42 Å². The van der Waals surface area contributed by atoms with Gasteiger partial charge in [-0.3, -0.25) is 4.79 Å². The Morgan fingerprint density at radius 2 is 2.09 bits per heavy atom. The first-order valence-corrected chi connectivity index (χ1v) is 7.89. The monoisotopic (exact) mass is 304 g/mol. The van der Waals surface area contributed by atoms with Crippen molar-refractivity contribution in [3.05, 3.63) is 42.0 Å². The van der Waals surface area contributed by atoms with E-state index >= 15 is 0 Å². The fourth-order valence-electron chi connectivity index (χ4n) is 2.85. The van der Waals surface area contributed by atoms with E-state index < -0.39 is 11.6 Å². The van der Waals surface area contributed by atoms with E-state index in [-0.39, 0.29) is 18.4 Å². The van der Waals surface area contributed by atoms with Crippen molar-refractivity contribution in [3.63, 3.8) is 0 Å². The number of carboxylic acids is 1. The summed E-state index contributed by atoms with van der Waals surface area (Å²) >= 11 is 0. The molecule has 0 spiro atoms. The first-order valence-electron chi connectivity index (χ1n) is 7.89. The molecule has 1 N–H and O–H groups in total. The van der Waals surface area contributed by atoms with Crippen molar-refractivity contribution in [2.24, 2.45) is 5.92 Å². The number of aliphatic carboxylic acids is 1. The average molecular weight is 304 g/mol. The van der Waals surface area contributed by atoms with Crippen LogP contribution in [0.15, 0.2) is 36.4 Å². The van der Waals surface area contributed by atoms with Gasteiger partial charge in [0.15, 0.2) is 0 Å². The second-order valence-corrected chi connectivity index (χ2v) is 5.85. The number of carboxylic acid groups (broad SMARTS) is 1. The van der Waals surface area contributed by atoms with E-state index in [4.69, 9.17) is 14.9 Å². The highest BCUT2D eigenvalue weighted by molar-refractivity contribution is 5.67. The second-order valence-electron chi connectivity index (χ2n) is 5.85. The molecule has 0 radical (unpaired) electrons. The maximum absolute atomic E-state index is 10.9. The Labute approximate surface area is 131 Å².